The molecule has 6 nitrogen and oxygen atoms in total. The van der Waals surface area contributed by atoms with Crippen LogP contribution in [0.3, 0.4) is 0 Å². The van der Waals surface area contributed by atoms with Crippen molar-refractivity contribution in [3.8, 4) is 0 Å². The van der Waals surface area contributed by atoms with Gasteiger partial charge in [-0.3, -0.25) is 15.1 Å². The Hall–Kier alpha value is -2.89. The van der Waals surface area contributed by atoms with Crippen LogP contribution in [0, 0.1) is 10.1 Å². The molecule has 0 aliphatic rings. The molecule has 0 aromatic heterocycles. The van der Waals surface area contributed by atoms with Gasteiger partial charge in [-0.25, -0.2) is 0 Å². The van der Waals surface area contributed by atoms with Gasteiger partial charge >= 0.3 is 0 Å². The number of nitro groups is 1. The number of anilines is 2. The molecule has 0 aliphatic heterocycles. The molecule has 2 rings (SSSR count). The Morgan fingerprint density at radius 1 is 1.13 bits per heavy atom. The van der Waals surface area contributed by atoms with E-state index >= 15 is 0 Å². The SMILES string of the molecule is CN(C)c1ccc(C=NCCNc2ccc([N+](=O)[O-])cc2)cc1. The fourth-order valence-corrected chi connectivity index (χ4v) is 1.99. The van der Waals surface area contributed by atoms with Gasteiger partial charge in [0.15, 0.2) is 0 Å². The topological polar surface area (TPSA) is 70.8 Å². The average Bonchev–Trinajstić information content (AvgIpc) is 2.55. The molecule has 0 saturated carbocycles. The van der Waals surface area contributed by atoms with Gasteiger partial charge < -0.3 is 10.2 Å². The largest absolute Gasteiger partial charge is 0.383 e. The summed E-state index contributed by atoms with van der Waals surface area (Å²) in [5, 5.41) is 13.7. The predicted molar refractivity (Wildman–Crippen MR) is 94.8 cm³/mol. The summed E-state index contributed by atoms with van der Waals surface area (Å²) in [5.74, 6) is 0. The van der Waals surface area contributed by atoms with Crippen LogP contribution in [0.5, 0.6) is 0 Å². The Labute approximate surface area is 135 Å². The number of rotatable bonds is 7. The van der Waals surface area contributed by atoms with Crippen LogP contribution in [0.25, 0.3) is 0 Å². The fourth-order valence-electron chi connectivity index (χ4n) is 1.99. The number of non-ortho nitro benzene ring substituents is 1. The number of benzene rings is 2. The third kappa shape index (κ3) is 5.10. The van der Waals surface area contributed by atoms with Crippen LogP contribution in [0.2, 0.25) is 0 Å². The van der Waals surface area contributed by atoms with E-state index in [0.717, 1.165) is 16.9 Å². The van der Waals surface area contributed by atoms with Crippen LogP contribution in [0.15, 0.2) is 53.5 Å². The number of aliphatic imine (C=N–C) groups is 1. The summed E-state index contributed by atoms with van der Waals surface area (Å²) in [6, 6.07) is 14.5. The third-order valence-corrected chi connectivity index (χ3v) is 3.30. The van der Waals surface area contributed by atoms with Crippen molar-refractivity contribution in [2.75, 3.05) is 37.4 Å². The summed E-state index contributed by atoms with van der Waals surface area (Å²) in [4.78, 5) is 16.6. The van der Waals surface area contributed by atoms with E-state index in [1.807, 2.05) is 32.4 Å². The van der Waals surface area contributed by atoms with Crippen LogP contribution in [0.1, 0.15) is 5.56 Å². The summed E-state index contributed by atoms with van der Waals surface area (Å²) in [7, 11) is 4.01. The quantitative estimate of drug-likeness (QED) is 0.369. The van der Waals surface area contributed by atoms with Crippen molar-refractivity contribution in [1.82, 2.24) is 0 Å². The second kappa shape index (κ2) is 7.93. The van der Waals surface area contributed by atoms with Gasteiger partial charge in [-0.05, 0) is 29.8 Å². The predicted octanol–water partition coefficient (Wildman–Crippen LogP) is 3.19. The Balaban J connectivity index is 1.77. The van der Waals surface area contributed by atoms with Crippen molar-refractivity contribution in [2.24, 2.45) is 4.99 Å². The monoisotopic (exact) mass is 312 g/mol. The summed E-state index contributed by atoms with van der Waals surface area (Å²) in [6.07, 6.45) is 1.84. The first-order valence-corrected chi connectivity index (χ1v) is 7.32. The highest BCUT2D eigenvalue weighted by atomic mass is 16.6. The Bertz CT molecular complexity index is 664. The van der Waals surface area contributed by atoms with E-state index in [-0.39, 0.29) is 5.69 Å². The van der Waals surface area contributed by atoms with Crippen LogP contribution in [-0.4, -0.2) is 38.3 Å². The molecule has 0 saturated heterocycles. The van der Waals surface area contributed by atoms with E-state index in [2.05, 4.69) is 27.3 Å². The van der Waals surface area contributed by atoms with E-state index in [1.165, 1.54) is 12.1 Å². The van der Waals surface area contributed by atoms with Gasteiger partial charge in [0.2, 0.25) is 0 Å². The highest BCUT2D eigenvalue weighted by molar-refractivity contribution is 5.80. The van der Waals surface area contributed by atoms with Crippen molar-refractivity contribution in [3.63, 3.8) is 0 Å². The van der Waals surface area contributed by atoms with Crippen molar-refractivity contribution in [3.05, 3.63) is 64.2 Å². The lowest BCUT2D eigenvalue weighted by Crippen LogP contribution is -2.08. The highest BCUT2D eigenvalue weighted by Gasteiger charge is 2.02. The van der Waals surface area contributed by atoms with E-state index in [1.54, 1.807) is 12.1 Å². The van der Waals surface area contributed by atoms with E-state index in [9.17, 15) is 10.1 Å². The molecule has 23 heavy (non-hydrogen) atoms. The first-order valence-electron chi connectivity index (χ1n) is 7.32. The Morgan fingerprint density at radius 3 is 2.35 bits per heavy atom. The molecule has 6 heteroatoms. The van der Waals surface area contributed by atoms with Gasteiger partial charge in [-0.2, -0.15) is 0 Å². The Kier molecular flexibility index (Phi) is 5.68. The lowest BCUT2D eigenvalue weighted by atomic mass is 10.2. The van der Waals surface area contributed by atoms with Gasteiger partial charge in [-0.1, -0.05) is 12.1 Å². The number of nitro benzene ring substituents is 1. The molecule has 120 valence electrons. The van der Waals surface area contributed by atoms with E-state index in [0.29, 0.717) is 13.1 Å². The van der Waals surface area contributed by atoms with Crippen molar-refractivity contribution < 1.29 is 4.92 Å². The maximum Gasteiger partial charge on any atom is 0.269 e. The smallest absolute Gasteiger partial charge is 0.269 e. The summed E-state index contributed by atoms with van der Waals surface area (Å²) in [6.45, 7) is 1.30. The molecule has 0 radical (unpaired) electrons. The zero-order valence-corrected chi connectivity index (χ0v) is 13.3. The summed E-state index contributed by atoms with van der Waals surface area (Å²) in [5.41, 5.74) is 3.16. The zero-order chi connectivity index (χ0) is 16.7. The molecule has 1 N–H and O–H groups in total. The number of nitrogens with zero attached hydrogens (tertiary/aromatic N) is 3. The number of nitrogens with one attached hydrogen (secondary N) is 1. The maximum atomic E-state index is 10.6. The highest BCUT2D eigenvalue weighted by Crippen LogP contribution is 2.15. The minimum absolute atomic E-state index is 0.0924. The standard InChI is InChI=1S/C17H20N4O2/c1-20(2)16-7-3-14(4-8-16)13-18-11-12-19-15-5-9-17(10-6-15)21(22)23/h3-10,13,19H,11-12H2,1-2H3. The Morgan fingerprint density at radius 2 is 1.78 bits per heavy atom. The molecule has 0 bridgehead atoms. The van der Waals surface area contributed by atoms with Crippen molar-refractivity contribution in [1.29, 1.82) is 0 Å². The minimum atomic E-state index is -0.407. The molecule has 0 spiro atoms. The summed E-state index contributed by atoms with van der Waals surface area (Å²) >= 11 is 0. The van der Waals surface area contributed by atoms with E-state index < -0.39 is 4.92 Å². The van der Waals surface area contributed by atoms with Gasteiger partial charge in [0, 0.05) is 50.4 Å². The molecule has 2 aromatic rings. The van der Waals surface area contributed by atoms with Crippen molar-refractivity contribution >= 4 is 23.3 Å². The van der Waals surface area contributed by atoms with E-state index in [4.69, 9.17) is 0 Å². The third-order valence-electron chi connectivity index (χ3n) is 3.30. The first kappa shape index (κ1) is 16.5. The number of hydrogen-bond donors (Lipinski definition) is 1. The first-order chi connectivity index (χ1) is 11.1. The molecule has 0 unspecified atom stereocenters. The molecule has 0 fully saturated rings. The van der Waals surface area contributed by atoms with Gasteiger partial charge in [0.1, 0.15) is 0 Å². The lowest BCUT2D eigenvalue weighted by molar-refractivity contribution is -0.384. The van der Waals surface area contributed by atoms with Crippen LogP contribution >= 0.6 is 0 Å². The van der Waals surface area contributed by atoms with Crippen LogP contribution in [-0.2, 0) is 0 Å². The zero-order valence-electron chi connectivity index (χ0n) is 13.3. The lowest BCUT2D eigenvalue weighted by Gasteiger charge is -2.11. The van der Waals surface area contributed by atoms with Crippen LogP contribution < -0.4 is 10.2 Å². The van der Waals surface area contributed by atoms with Crippen molar-refractivity contribution in [2.45, 2.75) is 0 Å². The molecule has 0 amide bonds. The van der Waals surface area contributed by atoms with Crippen LogP contribution in [0.4, 0.5) is 17.1 Å². The average molecular weight is 312 g/mol. The van der Waals surface area contributed by atoms with Gasteiger partial charge in [0.25, 0.3) is 5.69 Å². The molecule has 0 aliphatic carbocycles. The van der Waals surface area contributed by atoms with Gasteiger partial charge in [-0.15, -0.1) is 0 Å². The molecular weight excluding hydrogens is 292 g/mol. The normalized spacial score (nSPS) is 10.7. The molecule has 0 atom stereocenters. The molecule has 2 aromatic carbocycles. The second-order valence-corrected chi connectivity index (χ2v) is 5.25. The second-order valence-electron chi connectivity index (χ2n) is 5.25. The maximum absolute atomic E-state index is 10.6. The minimum Gasteiger partial charge on any atom is -0.383 e. The van der Waals surface area contributed by atoms with Gasteiger partial charge in [0.05, 0.1) is 11.5 Å². The fraction of sp³-hybridized carbons (Fsp3) is 0.235. The summed E-state index contributed by atoms with van der Waals surface area (Å²) < 4.78 is 0. The molecule has 0 heterocycles. The number of hydrogen-bond acceptors (Lipinski definition) is 5. The molecular formula is C17H20N4O2.